The molecule has 2 nitrogen and oxygen atoms in total. The normalized spacial score (nSPS) is 29.1. The van der Waals surface area contributed by atoms with E-state index in [1.807, 2.05) is 0 Å². The Hall–Kier alpha value is -0.0800. The van der Waals surface area contributed by atoms with Gasteiger partial charge in [-0.3, -0.25) is 4.90 Å². The van der Waals surface area contributed by atoms with Crippen molar-refractivity contribution in [2.24, 2.45) is 5.41 Å². The van der Waals surface area contributed by atoms with Crippen molar-refractivity contribution in [1.29, 1.82) is 0 Å². The zero-order valence-electron chi connectivity index (χ0n) is 10.1. The lowest BCUT2D eigenvalue weighted by molar-refractivity contribution is -0.0494. The molecule has 0 aromatic heterocycles. The molecule has 0 atom stereocenters. The van der Waals surface area contributed by atoms with Crippen LogP contribution in [0.2, 0.25) is 0 Å². The van der Waals surface area contributed by atoms with Gasteiger partial charge in [-0.2, -0.15) is 0 Å². The van der Waals surface area contributed by atoms with Crippen LogP contribution in [-0.2, 0) is 0 Å². The van der Waals surface area contributed by atoms with E-state index in [-0.39, 0.29) is 0 Å². The van der Waals surface area contributed by atoms with E-state index in [0.717, 1.165) is 0 Å². The Bertz CT molecular complexity index is 201. The summed E-state index contributed by atoms with van der Waals surface area (Å²) in [6.45, 7) is 12.3. The third kappa shape index (κ3) is 1.82. The van der Waals surface area contributed by atoms with Crippen LogP contribution in [-0.4, -0.2) is 48.6 Å². The molecular weight excluding hydrogens is 172 g/mol. The molecule has 82 valence electrons. The number of hydrogen-bond donors (Lipinski definition) is 0. The van der Waals surface area contributed by atoms with Gasteiger partial charge in [0.15, 0.2) is 0 Å². The first kappa shape index (κ1) is 10.4. The molecule has 2 aliphatic heterocycles. The second-order valence-electron chi connectivity index (χ2n) is 6.33. The Morgan fingerprint density at radius 2 is 1.50 bits per heavy atom. The average molecular weight is 196 g/mol. The lowest BCUT2D eigenvalue weighted by Crippen LogP contribution is -2.60. The molecule has 0 amide bonds. The molecule has 2 heteroatoms. The molecule has 0 radical (unpaired) electrons. The summed E-state index contributed by atoms with van der Waals surface area (Å²) in [4.78, 5) is 5.09. The van der Waals surface area contributed by atoms with Gasteiger partial charge in [0.25, 0.3) is 0 Å². The van der Waals surface area contributed by atoms with E-state index in [0.29, 0.717) is 11.0 Å². The zero-order chi connectivity index (χ0) is 10.4. The van der Waals surface area contributed by atoms with Gasteiger partial charge in [-0.25, -0.2) is 0 Å². The number of piperidine rings is 1. The third-order valence-corrected chi connectivity index (χ3v) is 3.98. The molecule has 0 N–H and O–H groups in total. The van der Waals surface area contributed by atoms with Crippen molar-refractivity contribution in [2.45, 2.75) is 39.2 Å². The minimum Gasteiger partial charge on any atom is -0.305 e. The highest BCUT2D eigenvalue weighted by molar-refractivity contribution is 4.98. The molecule has 0 bridgehead atoms. The highest BCUT2D eigenvalue weighted by atomic mass is 15.2. The lowest BCUT2D eigenvalue weighted by Gasteiger charge is -2.54. The van der Waals surface area contributed by atoms with E-state index in [9.17, 15) is 0 Å². The standard InChI is InChI=1S/C12H24N2/c1-11(2,3)14-7-5-12(6-8-14)9-13(4)10-12/h5-10H2,1-4H3. The summed E-state index contributed by atoms with van der Waals surface area (Å²) in [6.07, 6.45) is 2.82. The molecule has 0 aliphatic carbocycles. The maximum Gasteiger partial charge on any atom is 0.0125 e. The van der Waals surface area contributed by atoms with Crippen LogP contribution in [0.5, 0.6) is 0 Å². The van der Waals surface area contributed by atoms with Crippen LogP contribution >= 0.6 is 0 Å². The summed E-state index contributed by atoms with van der Waals surface area (Å²) < 4.78 is 0. The smallest absolute Gasteiger partial charge is 0.0125 e. The topological polar surface area (TPSA) is 6.48 Å². The molecule has 2 rings (SSSR count). The summed E-state index contributed by atoms with van der Waals surface area (Å²) in [7, 11) is 2.24. The van der Waals surface area contributed by atoms with Crippen LogP contribution in [0.15, 0.2) is 0 Å². The van der Waals surface area contributed by atoms with E-state index < -0.39 is 0 Å². The summed E-state index contributed by atoms with van der Waals surface area (Å²) >= 11 is 0. The van der Waals surface area contributed by atoms with Gasteiger partial charge in [-0.15, -0.1) is 0 Å². The monoisotopic (exact) mass is 196 g/mol. The Kier molecular flexibility index (Phi) is 2.39. The van der Waals surface area contributed by atoms with E-state index in [1.54, 1.807) is 0 Å². The molecular formula is C12H24N2. The summed E-state index contributed by atoms with van der Waals surface area (Å²) in [5.41, 5.74) is 1.08. The fourth-order valence-corrected chi connectivity index (χ4v) is 3.07. The maximum absolute atomic E-state index is 2.64. The number of hydrogen-bond acceptors (Lipinski definition) is 2. The summed E-state index contributed by atoms with van der Waals surface area (Å²) in [5.74, 6) is 0. The molecule has 14 heavy (non-hydrogen) atoms. The second-order valence-corrected chi connectivity index (χ2v) is 6.33. The Balaban J connectivity index is 1.87. The molecule has 2 fully saturated rings. The van der Waals surface area contributed by atoms with E-state index >= 15 is 0 Å². The number of likely N-dealkylation sites (tertiary alicyclic amines) is 2. The van der Waals surface area contributed by atoms with E-state index in [4.69, 9.17) is 0 Å². The van der Waals surface area contributed by atoms with Crippen LogP contribution in [0, 0.1) is 5.41 Å². The average Bonchev–Trinajstić information content (AvgIpc) is 2.01. The van der Waals surface area contributed by atoms with Gasteiger partial charge in [0.05, 0.1) is 0 Å². The predicted molar refractivity (Wildman–Crippen MR) is 60.5 cm³/mol. The molecule has 0 aromatic rings. The van der Waals surface area contributed by atoms with Crippen molar-refractivity contribution in [1.82, 2.24) is 9.80 Å². The SMILES string of the molecule is CN1CC2(CCN(C(C)(C)C)CC2)C1. The lowest BCUT2D eigenvalue weighted by atomic mass is 9.72. The van der Waals surface area contributed by atoms with Crippen LogP contribution in [0.25, 0.3) is 0 Å². The van der Waals surface area contributed by atoms with E-state index in [1.165, 1.54) is 39.0 Å². The minimum atomic E-state index is 0.372. The first-order valence-corrected chi connectivity index (χ1v) is 5.85. The molecule has 0 unspecified atom stereocenters. The van der Waals surface area contributed by atoms with Gasteiger partial charge < -0.3 is 4.90 Å². The Morgan fingerprint density at radius 3 is 1.86 bits per heavy atom. The number of nitrogens with zero attached hydrogens (tertiary/aromatic N) is 2. The van der Waals surface area contributed by atoms with Gasteiger partial charge >= 0.3 is 0 Å². The summed E-state index contributed by atoms with van der Waals surface area (Å²) in [6, 6.07) is 0. The van der Waals surface area contributed by atoms with Gasteiger partial charge in [-0.1, -0.05) is 0 Å². The highest BCUT2D eigenvalue weighted by Crippen LogP contribution is 2.40. The molecule has 2 aliphatic rings. The van der Waals surface area contributed by atoms with Gasteiger partial charge in [0.1, 0.15) is 0 Å². The third-order valence-electron chi connectivity index (χ3n) is 3.98. The Labute approximate surface area is 88.3 Å². The van der Waals surface area contributed by atoms with Crippen molar-refractivity contribution in [3.63, 3.8) is 0 Å². The molecule has 0 aromatic carbocycles. The van der Waals surface area contributed by atoms with Crippen LogP contribution < -0.4 is 0 Å². The minimum absolute atomic E-state index is 0.372. The van der Waals surface area contributed by atoms with Gasteiger partial charge in [0.2, 0.25) is 0 Å². The molecule has 0 saturated carbocycles. The van der Waals surface area contributed by atoms with Crippen molar-refractivity contribution in [3.05, 3.63) is 0 Å². The van der Waals surface area contributed by atoms with Crippen LogP contribution in [0.4, 0.5) is 0 Å². The fourth-order valence-electron chi connectivity index (χ4n) is 3.07. The van der Waals surface area contributed by atoms with E-state index in [2.05, 4.69) is 37.6 Å². The number of rotatable bonds is 0. The molecule has 2 heterocycles. The zero-order valence-corrected chi connectivity index (χ0v) is 10.1. The Morgan fingerprint density at radius 1 is 1.00 bits per heavy atom. The van der Waals surface area contributed by atoms with Crippen LogP contribution in [0.1, 0.15) is 33.6 Å². The predicted octanol–water partition coefficient (Wildman–Crippen LogP) is 1.81. The summed E-state index contributed by atoms with van der Waals surface area (Å²) in [5, 5.41) is 0. The van der Waals surface area contributed by atoms with Gasteiger partial charge in [-0.05, 0) is 59.2 Å². The highest BCUT2D eigenvalue weighted by Gasteiger charge is 2.44. The van der Waals surface area contributed by atoms with Gasteiger partial charge in [0, 0.05) is 18.6 Å². The fraction of sp³-hybridized carbons (Fsp3) is 1.00. The maximum atomic E-state index is 2.64. The first-order chi connectivity index (χ1) is 6.41. The van der Waals surface area contributed by atoms with Crippen molar-refractivity contribution in [2.75, 3.05) is 33.2 Å². The van der Waals surface area contributed by atoms with Crippen molar-refractivity contribution in [3.8, 4) is 0 Å². The largest absolute Gasteiger partial charge is 0.305 e. The second kappa shape index (κ2) is 3.21. The molecule has 1 spiro atoms. The first-order valence-electron chi connectivity index (χ1n) is 5.85. The molecule has 2 saturated heterocycles. The van der Waals surface area contributed by atoms with Crippen molar-refractivity contribution >= 4 is 0 Å². The van der Waals surface area contributed by atoms with Crippen molar-refractivity contribution < 1.29 is 0 Å². The van der Waals surface area contributed by atoms with Crippen LogP contribution in [0.3, 0.4) is 0 Å². The quantitative estimate of drug-likeness (QED) is 0.583.